The summed E-state index contributed by atoms with van der Waals surface area (Å²) < 4.78 is 3.26. The van der Waals surface area contributed by atoms with Gasteiger partial charge in [-0.15, -0.1) is 0 Å². The van der Waals surface area contributed by atoms with Crippen LogP contribution in [0.2, 0.25) is 0 Å². The highest BCUT2D eigenvalue weighted by atomic mass is 79.9. The highest BCUT2D eigenvalue weighted by Crippen LogP contribution is 2.21. The molecule has 2 rings (SSSR count). The summed E-state index contributed by atoms with van der Waals surface area (Å²) in [5, 5.41) is 0. The normalized spacial score (nSPS) is 12.5. The number of nitrogens with zero attached hydrogens (tertiary/aromatic N) is 3. The van der Waals surface area contributed by atoms with Crippen molar-refractivity contribution >= 4 is 27.7 Å². The first-order valence-electron chi connectivity index (χ1n) is 12.0. The molecule has 1 aromatic carbocycles. The van der Waals surface area contributed by atoms with E-state index in [0.29, 0.717) is 13.1 Å². The molecule has 0 spiro atoms. The van der Waals surface area contributed by atoms with E-state index < -0.39 is 5.41 Å². The van der Waals surface area contributed by atoms with E-state index in [9.17, 15) is 9.59 Å². The Hall–Kier alpha value is -2.08. The second-order valence-corrected chi connectivity index (χ2v) is 10.8. The number of amides is 2. The van der Waals surface area contributed by atoms with Crippen molar-refractivity contribution in [3.05, 3.63) is 58.3 Å². The molecule has 0 fully saturated rings. The van der Waals surface area contributed by atoms with Crippen LogP contribution in [0.3, 0.4) is 0 Å². The number of halogens is 1. The molecule has 5 nitrogen and oxygen atoms in total. The van der Waals surface area contributed by atoms with Gasteiger partial charge in [0.05, 0.1) is 6.54 Å². The standard InChI is InChI=1S/C27H40BrN3O2/c1-7-9-16-30(25(32)20-31(21(3)8-2)26(33)27(4,5)6)19-24-11-10-17-29(24)18-22-12-14-23(28)15-13-22/h10-15,17,21H,7-9,16,18-20H2,1-6H3. The van der Waals surface area contributed by atoms with Gasteiger partial charge >= 0.3 is 0 Å². The third-order valence-electron chi connectivity index (χ3n) is 6.01. The summed E-state index contributed by atoms with van der Waals surface area (Å²) in [4.78, 5) is 30.2. The monoisotopic (exact) mass is 517 g/mol. The second-order valence-electron chi connectivity index (χ2n) is 9.86. The maximum absolute atomic E-state index is 13.5. The average Bonchev–Trinajstić information content (AvgIpc) is 3.21. The third-order valence-corrected chi connectivity index (χ3v) is 6.54. The number of aromatic nitrogens is 1. The number of carbonyl (C=O) groups excluding carboxylic acids is 2. The minimum Gasteiger partial charge on any atom is -0.345 e. The number of hydrogen-bond donors (Lipinski definition) is 0. The maximum Gasteiger partial charge on any atom is 0.242 e. The van der Waals surface area contributed by atoms with E-state index >= 15 is 0 Å². The molecule has 0 radical (unpaired) electrons. The first-order valence-corrected chi connectivity index (χ1v) is 12.8. The first-order chi connectivity index (χ1) is 15.6. The van der Waals surface area contributed by atoms with E-state index in [1.807, 2.05) is 50.8 Å². The SMILES string of the molecule is CCCCN(Cc1cccn1Cc1ccc(Br)cc1)C(=O)CN(C(=O)C(C)(C)C)C(C)CC. The zero-order valence-corrected chi connectivity index (χ0v) is 22.7. The number of carbonyl (C=O) groups is 2. The lowest BCUT2D eigenvalue weighted by molar-refractivity contribution is -0.148. The Morgan fingerprint density at radius 2 is 1.76 bits per heavy atom. The fourth-order valence-electron chi connectivity index (χ4n) is 3.69. The van der Waals surface area contributed by atoms with Gasteiger partial charge in [-0.25, -0.2) is 0 Å². The molecule has 0 aliphatic carbocycles. The van der Waals surface area contributed by atoms with Gasteiger partial charge in [0.15, 0.2) is 0 Å². The zero-order chi connectivity index (χ0) is 24.6. The van der Waals surface area contributed by atoms with Crippen LogP contribution < -0.4 is 0 Å². The fourth-order valence-corrected chi connectivity index (χ4v) is 3.96. The molecule has 0 saturated carbocycles. The molecule has 1 atom stereocenters. The minimum absolute atomic E-state index is 0.0118. The zero-order valence-electron chi connectivity index (χ0n) is 21.1. The molecule has 6 heteroatoms. The Bertz CT molecular complexity index is 899. The minimum atomic E-state index is -0.517. The van der Waals surface area contributed by atoms with E-state index in [1.54, 1.807) is 4.90 Å². The van der Waals surface area contributed by atoms with Gasteiger partial charge in [0.2, 0.25) is 11.8 Å². The maximum atomic E-state index is 13.5. The fraction of sp³-hybridized carbons (Fsp3) is 0.556. The number of benzene rings is 1. The molecule has 1 heterocycles. The topological polar surface area (TPSA) is 45.6 Å². The largest absolute Gasteiger partial charge is 0.345 e. The van der Waals surface area contributed by atoms with Gasteiger partial charge in [0, 0.05) is 40.9 Å². The van der Waals surface area contributed by atoms with Gasteiger partial charge < -0.3 is 14.4 Å². The summed E-state index contributed by atoms with van der Waals surface area (Å²) in [6.07, 6.45) is 4.84. The number of rotatable bonds is 11. The van der Waals surface area contributed by atoms with Crippen LogP contribution in [0.1, 0.15) is 72.1 Å². The molecule has 0 aliphatic heterocycles. The Kier molecular flexibility index (Phi) is 10.2. The van der Waals surface area contributed by atoms with Gasteiger partial charge in [-0.1, -0.05) is 69.1 Å². The Morgan fingerprint density at radius 1 is 1.09 bits per heavy atom. The van der Waals surface area contributed by atoms with Gasteiger partial charge in [0.25, 0.3) is 0 Å². The Labute approximate surface area is 208 Å². The molecular formula is C27H40BrN3O2. The molecular weight excluding hydrogens is 478 g/mol. The van der Waals surface area contributed by atoms with E-state index in [0.717, 1.165) is 36.0 Å². The van der Waals surface area contributed by atoms with Crippen LogP contribution in [0.25, 0.3) is 0 Å². The second kappa shape index (κ2) is 12.4. The quantitative estimate of drug-likeness (QED) is 0.361. The van der Waals surface area contributed by atoms with Crippen molar-refractivity contribution in [2.24, 2.45) is 5.41 Å². The lowest BCUT2D eigenvalue weighted by Crippen LogP contribution is -2.50. The lowest BCUT2D eigenvalue weighted by atomic mass is 9.93. The molecule has 2 aromatic rings. The van der Waals surface area contributed by atoms with Crippen molar-refractivity contribution in [1.82, 2.24) is 14.4 Å². The highest BCUT2D eigenvalue weighted by Gasteiger charge is 2.32. The van der Waals surface area contributed by atoms with Crippen molar-refractivity contribution in [3.8, 4) is 0 Å². The summed E-state index contributed by atoms with van der Waals surface area (Å²) in [6, 6.07) is 12.4. The van der Waals surface area contributed by atoms with Crippen LogP contribution in [-0.2, 0) is 22.7 Å². The Balaban J connectivity index is 2.20. The van der Waals surface area contributed by atoms with Crippen molar-refractivity contribution in [2.75, 3.05) is 13.1 Å². The van der Waals surface area contributed by atoms with Crippen molar-refractivity contribution in [2.45, 2.75) is 79.9 Å². The van der Waals surface area contributed by atoms with Gasteiger partial charge in [0.1, 0.15) is 6.54 Å². The lowest BCUT2D eigenvalue weighted by Gasteiger charge is -2.35. The summed E-state index contributed by atoms with van der Waals surface area (Å²) in [6.45, 7) is 14.1. The molecule has 0 N–H and O–H groups in total. The molecule has 33 heavy (non-hydrogen) atoms. The van der Waals surface area contributed by atoms with Gasteiger partial charge in [-0.2, -0.15) is 0 Å². The summed E-state index contributed by atoms with van der Waals surface area (Å²) in [5.74, 6) is 0.0389. The average molecular weight is 519 g/mol. The Morgan fingerprint density at radius 3 is 2.33 bits per heavy atom. The van der Waals surface area contributed by atoms with Crippen LogP contribution in [0.15, 0.2) is 47.1 Å². The van der Waals surface area contributed by atoms with E-state index in [2.05, 4.69) is 58.7 Å². The van der Waals surface area contributed by atoms with E-state index in [1.165, 1.54) is 5.56 Å². The molecule has 0 aliphatic rings. The van der Waals surface area contributed by atoms with Crippen LogP contribution in [0, 0.1) is 5.41 Å². The van der Waals surface area contributed by atoms with E-state index in [4.69, 9.17) is 0 Å². The smallest absolute Gasteiger partial charge is 0.242 e. The predicted molar refractivity (Wildman–Crippen MR) is 139 cm³/mol. The molecule has 0 saturated heterocycles. The van der Waals surface area contributed by atoms with Gasteiger partial charge in [-0.3, -0.25) is 9.59 Å². The van der Waals surface area contributed by atoms with Gasteiger partial charge in [-0.05, 0) is 49.6 Å². The molecule has 0 bridgehead atoms. The van der Waals surface area contributed by atoms with Crippen molar-refractivity contribution < 1.29 is 9.59 Å². The van der Waals surface area contributed by atoms with Crippen LogP contribution in [0.5, 0.6) is 0 Å². The van der Waals surface area contributed by atoms with Crippen molar-refractivity contribution in [3.63, 3.8) is 0 Å². The summed E-state index contributed by atoms with van der Waals surface area (Å²) >= 11 is 3.49. The number of unbranched alkanes of at least 4 members (excludes halogenated alkanes) is 1. The van der Waals surface area contributed by atoms with Crippen LogP contribution in [-0.4, -0.2) is 45.3 Å². The van der Waals surface area contributed by atoms with Crippen LogP contribution >= 0.6 is 15.9 Å². The van der Waals surface area contributed by atoms with Crippen molar-refractivity contribution in [1.29, 1.82) is 0 Å². The van der Waals surface area contributed by atoms with E-state index in [-0.39, 0.29) is 24.4 Å². The summed E-state index contributed by atoms with van der Waals surface area (Å²) in [7, 11) is 0. The third kappa shape index (κ3) is 8.02. The predicted octanol–water partition coefficient (Wildman–Crippen LogP) is 6.10. The highest BCUT2D eigenvalue weighted by molar-refractivity contribution is 9.10. The molecule has 2 amide bonds. The molecule has 182 valence electrons. The summed E-state index contributed by atoms with van der Waals surface area (Å²) in [5.41, 5.74) is 1.79. The van der Waals surface area contributed by atoms with Crippen LogP contribution in [0.4, 0.5) is 0 Å². The molecule has 1 aromatic heterocycles. The molecule has 1 unspecified atom stereocenters. The number of hydrogen-bond acceptors (Lipinski definition) is 2. The first kappa shape index (κ1) is 27.2.